The van der Waals surface area contributed by atoms with Crippen LogP contribution in [0.15, 0.2) is 30.3 Å². The van der Waals surface area contributed by atoms with Gasteiger partial charge in [0.2, 0.25) is 5.88 Å². The lowest BCUT2D eigenvalue weighted by Gasteiger charge is -2.43. The molecule has 0 saturated carbocycles. The number of nitriles is 2. The number of pyridine rings is 1. The second-order valence-electron chi connectivity index (χ2n) is 13.1. The van der Waals surface area contributed by atoms with E-state index in [1.54, 1.807) is 9.80 Å². The first-order valence-electron chi connectivity index (χ1n) is 15.9. The van der Waals surface area contributed by atoms with Crippen molar-refractivity contribution in [2.24, 2.45) is 0 Å². The van der Waals surface area contributed by atoms with E-state index in [4.69, 9.17) is 19.2 Å². The van der Waals surface area contributed by atoms with E-state index >= 15 is 0 Å². The number of hydrogen-bond acceptors (Lipinski definition) is 10. The summed E-state index contributed by atoms with van der Waals surface area (Å²) in [6.07, 6.45) is 1.77. The summed E-state index contributed by atoms with van der Waals surface area (Å²) in [6.45, 7) is 8.69. The molecule has 0 unspecified atom stereocenters. The van der Waals surface area contributed by atoms with Crippen molar-refractivity contribution in [1.82, 2.24) is 19.7 Å². The molecule has 2 fully saturated rings. The first kappa shape index (κ1) is 32.8. The molecule has 0 N–H and O–H groups in total. The number of benzene rings is 1. The molecule has 1 aromatic heterocycles. The van der Waals surface area contributed by atoms with Gasteiger partial charge < -0.3 is 33.8 Å². The Morgan fingerprint density at radius 2 is 1.83 bits per heavy atom. The molecule has 46 heavy (non-hydrogen) atoms. The van der Waals surface area contributed by atoms with Gasteiger partial charge in [-0.2, -0.15) is 10.5 Å². The van der Waals surface area contributed by atoms with Gasteiger partial charge in [0.15, 0.2) is 0 Å². The highest BCUT2D eigenvalue weighted by molar-refractivity contribution is 5.73. The summed E-state index contributed by atoms with van der Waals surface area (Å²) in [7, 11) is 2.07. The molecule has 3 aliphatic heterocycles. The van der Waals surface area contributed by atoms with Crippen molar-refractivity contribution in [3.8, 4) is 18.0 Å². The van der Waals surface area contributed by atoms with Crippen LogP contribution in [0.3, 0.4) is 0 Å². The number of carbonyl (C=O) groups excluding carboxylic acids is 2. The topological polar surface area (TPSA) is 135 Å². The van der Waals surface area contributed by atoms with Gasteiger partial charge in [0.1, 0.15) is 30.4 Å². The highest BCUT2D eigenvalue weighted by Crippen LogP contribution is 2.38. The highest BCUT2D eigenvalue weighted by Gasteiger charge is 2.37. The molecule has 0 bridgehead atoms. The fourth-order valence-electron chi connectivity index (χ4n) is 6.32. The summed E-state index contributed by atoms with van der Waals surface area (Å²) < 4.78 is 17.6. The average molecular weight is 630 g/mol. The number of fused-ring (bicyclic) bond motifs is 1. The Labute approximate surface area is 271 Å². The van der Waals surface area contributed by atoms with Crippen LogP contribution in [-0.4, -0.2) is 95.9 Å². The van der Waals surface area contributed by atoms with E-state index < -0.39 is 23.8 Å². The number of carbonyl (C=O) groups is 2. The van der Waals surface area contributed by atoms with Crippen LogP contribution in [0.2, 0.25) is 0 Å². The van der Waals surface area contributed by atoms with E-state index in [1.807, 2.05) is 51.1 Å². The zero-order chi connectivity index (χ0) is 32.8. The van der Waals surface area contributed by atoms with E-state index in [2.05, 4.69) is 29.0 Å². The molecule has 12 heteroatoms. The van der Waals surface area contributed by atoms with Crippen molar-refractivity contribution in [3.05, 3.63) is 52.7 Å². The summed E-state index contributed by atoms with van der Waals surface area (Å²) in [6, 6.07) is 13.9. The molecule has 0 aliphatic carbocycles. The van der Waals surface area contributed by atoms with E-state index in [-0.39, 0.29) is 31.5 Å². The predicted octanol–water partition coefficient (Wildman–Crippen LogP) is 4.46. The number of ether oxygens (including phenoxy) is 3. The number of anilines is 1. The van der Waals surface area contributed by atoms with Gasteiger partial charge in [0.05, 0.1) is 36.5 Å². The minimum absolute atomic E-state index is 0.114. The Hall–Kier alpha value is -4.55. The summed E-state index contributed by atoms with van der Waals surface area (Å²) in [5.74, 6) is 0.238. The fourth-order valence-corrected chi connectivity index (χ4v) is 6.32. The first-order chi connectivity index (χ1) is 22.1. The van der Waals surface area contributed by atoms with Gasteiger partial charge in [-0.1, -0.05) is 30.3 Å². The largest absolute Gasteiger partial charge is 0.475 e. The number of amides is 2. The highest BCUT2D eigenvalue weighted by atomic mass is 16.6. The first-order valence-corrected chi connectivity index (χ1v) is 15.9. The molecule has 2 aromatic rings. The van der Waals surface area contributed by atoms with Crippen molar-refractivity contribution < 1.29 is 23.8 Å². The van der Waals surface area contributed by atoms with Crippen molar-refractivity contribution in [2.45, 2.75) is 77.3 Å². The predicted molar refractivity (Wildman–Crippen MR) is 170 cm³/mol. The van der Waals surface area contributed by atoms with E-state index in [1.165, 1.54) is 0 Å². The lowest BCUT2D eigenvalue weighted by Crippen LogP contribution is -2.56. The molecular formula is C34H43N7O5. The third-order valence-corrected chi connectivity index (χ3v) is 8.71. The molecule has 5 rings (SSSR count). The number of likely N-dealkylation sites (N-methyl/N-ethyl adjacent to an activating group) is 1. The van der Waals surface area contributed by atoms with Gasteiger partial charge in [-0.3, -0.25) is 0 Å². The number of likely N-dealkylation sites (tertiary alicyclic amines) is 1. The normalized spacial score (nSPS) is 20.0. The molecular weight excluding hydrogens is 586 g/mol. The van der Waals surface area contributed by atoms with Crippen LogP contribution >= 0.6 is 0 Å². The van der Waals surface area contributed by atoms with Gasteiger partial charge in [-0.05, 0) is 59.2 Å². The number of rotatable bonds is 7. The van der Waals surface area contributed by atoms with Crippen LogP contribution in [0.4, 0.5) is 15.3 Å². The molecule has 0 spiro atoms. The third kappa shape index (κ3) is 7.63. The zero-order valence-corrected chi connectivity index (χ0v) is 27.2. The maximum atomic E-state index is 13.1. The van der Waals surface area contributed by atoms with Crippen LogP contribution < -0.4 is 9.64 Å². The lowest BCUT2D eigenvalue weighted by atomic mass is 9.97. The minimum Gasteiger partial charge on any atom is -0.475 e. The maximum absolute atomic E-state index is 13.1. The van der Waals surface area contributed by atoms with Crippen LogP contribution in [0, 0.1) is 22.7 Å². The van der Waals surface area contributed by atoms with Gasteiger partial charge in [-0.15, -0.1) is 0 Å². The second kappa shape index (κ2) is 14.3. The number of nitrogens with zero attached hydrogens (tertiary/aromatic N) is 7. The third-order valence-electron chi connectivity index (χ3n) is 8.71. The van der Waals surface area contributed by atoms with Crippen molar-refractivity contribution >= 4 is 17.9 Å². The molecule has 1 aromatic carbocycles. The standard InChI is InChI=1S/C34H43N7O5/c1-34(2,3)46-33(43)41-18-17-39(20-25(41)12-14-35)30-27-13-16-40(32(42)45-22-24-9-6-5-7-10-24)21-29(27)37-31(28(30)19-36)44-23-26-11-8-15-38(26)4/h5-7,9-10,25-26H,8,11-13,15-18,20-23H2,1-4H3/t25-,26-/m0/s1. The molecule has 3 aliphatic rings. The van der Waals surface area contributed by atoms with Crippen molar-refractivity contribution in [2.75, 3.05) is 51.3 Å². The van der Waals surface area contributed by atoms with Crippen LogP contribution in [0.1, 0.15) is 62.4 Å². The summed E-state index contributed by atoms with van der Waals surface area (Å²) >= 11 is 0. The van der Waals surface area contributed by atoms with Gasteiger partial charge in [0, 0.05) is 37.8 Å². The quantitative estimate of drug-likeness (QED) is 0.432. The molecule has 2 saturated heterocycles. The van der Waals surface area contributed by atoms with Crippen LogP contribution in [-0.2, 0) is 29.0 Å². The molecule has 4 heterocycles. The monoisotopic (exact) mass is 629 g/mol. The molecule has 2 amide bonds. The fraction of sp³-hybridized carbons (Fsp3) is 0.559. The Bertz CT molecular complexity index is 1500. The Kier molecular flexibility index (Phi) is 10.2. The van der Waals surface area contributed by atoms with Crippen molar-refractivity contribution in [3.63, 3.8) is 0 Å². The summed E-state index contributed by atoms with van der Waals surface area (Å²) in [5.41, 5.74) is 2.79. The number of hydrogen-bond donors (Lipinski definition) is 0. The lowest BCUT2D eigenvalue weighted by molar-refractivity contribution is 0.0145. The molecule has 0 radical (unpaired) electrons. The van der Waals surface area contributed by atoms with Crippen LogP contribution in [0.5, 0.6) is 5.88 Å². The molecule has 12 nitrogen and oxygen atoms in total. The second-order valence-corrected chi connectivity index (χ2v) is 13.1. The Balaban J connectivity index is 1.43. The van der Waals surface area contributed by atoms with Gasteiger partial charge >= 0.3 is 12.2 Å². The van der Waals surface area contributed by atoms with E-state index in [0.29, 0.717) is 56.2 Å². The number of piperazine rings is 1. The molecule has 2 atom stereocenters. The summed E-state index contributed by atoms with van der Waals surface area (Å²) in [5, 5.41) is 20.2. The Morgan fingerprint density at radius 3 is 2.50 bits per heavy atom. The van der Waals surface area contributed by atoms with Gasteiger partial charge in [-0.25, -0.2) is 14.6 Å². The SMILES string of the molecule is CN1CCC[C@H]1COc1nc2c(c(N3CCN(C(=O)OC(C)(C)C)[C@@H](CC#N)C3)c1C#N)CCN(C(=O)OCc1ccccc1)C2. The molecule has 244 valence electrons. The van der Waals surface area contributed by atoms with Gasteiger partial charge in [0.25, 0.3) is 0 Å². The Morgan fingerprint density at radius 1 is 1.04 bits per heavy atom. The number of aromatic nitrogens is 1. The maximum Gasteiger partial charge on any atom is 0.410 e. The summed E-state index contributed by atoms with van der Waals surface area (Å²) in [4.78, 5) is 38.6. The smallest absolute Gasteiger partial charge is 0.410 e. The van der Waals surface area contributed by atoms with E-state index in [0.717, 1.165) is 30.5 Å². The van der Waals surface area contributed by atoms with Crippen LogP contribution in [0.25, 0.3) is 0 Å². The average Bonchev–Trinajstić information content (AvgIpc) is 3.45. The minimum atomic E-state index is -0.669. The van der Waals surface area contributed by atoms with Crippen molar-refractivity contribution in [1.29, 1.82) is 10.5 Å². The van der Waals surface area contributed by atoms with E-state index in [9.17, 15) is 20.1 Å². The zero-order valence-electron chi connectivity index (χ0n) is 27.2.